The van der Waals surface area contributed by atoms with Crippen LogP contribution < -0.4 is 4.73 Å². The lowest BCUT2D eigenvalue weighted by atomic mass is 9.90. The third-order valence-electron chi connectivity index (χ3n) is 3.76. The van der Waals surface area contributed by atoms with Crippen molar-refractivity contribution >= 4 is 22.5 Å². The van der Waals surface area contributed by atoms with E-state index in [1.54, 1.807) is 0 Å². The van der Waals surface area contributed by atoms with Gasteiger partial charge in [0, 0.05) is 0 Å². The van der Waals surface area contributed by atoms with Crippen molar-refractivity contribution in [2.75, 3.05) is 0 Å². The highest BCUT2D eigenvalue weighted by Gasteiger charge is 2.18. The molecule has 0 bridgehead atoms. The maximum absolute atomic E-state index is 12.0. The molecule has 0 fully saturated rings. The van der Waals surface area contributed by atoms with Crippen LogP contribution >= 0.6 is 11.6 Å². The number of nitrogens with zero attached hydrogens (tertiary/aromatic N) is 2. The molecule has 1 aromatic heterocycles. The Morgan fingerprint density at radius 2 is 1.94 bits per heavy atom. The predicted molar refractivity (Wildman–Crippen MR) is 71.6 cm³/mol. The van der Waals surface area contributed by atoms with E-state index in [1.807, 2.05) is 6.92 Å². The van der Waals surface area contributed by atoms with Gasteiger partial charge < -0.3 is 5.21 Å². The van der Waals surface area contributed by atoms with Gasteiger partial charge in [-0.1, -0.05) is 0 Å². The van der Waals surface area contributed by atoms with Gasteiger partial charge in [0.05, 0.1) is 5.39 Å². The van der Waals surface area contributed by atoms with Gasteiger partial charge in [-0.2, -0.15) is 0 Å². The second kappa shape index (κ2) is 4.39. The zero-order chi connectivity index (χ0) is 12.7. The molecule has 0 radical (unpaired) electrons. The number of hydrogen-bond donors (Lipinski definition) is 0. The van der Waals surface area contributed by atoms with Crippen LogP contribution in [0.25, 0.3) is 10.9 Å². The van der Waals surface area contributed by atoms with Gasteiger partial charge in [-0.3, -0.25) is 0 Å². The standard InChI is InChI=1S/C14H15ClN2O/c1-9-12-6-10-4-2-3-5-11(10)7-13(12)16-14(8-15)17(9)18/h6-7H,2-5,8H2,1H3. The van der Waals surface area contributed by atoms with Crippen molar-refractivity contribution in [1.82, 2.24) is 4.98 Å². The summed E-state index contributed by atoms with van der Waals surface area (Å²) < 4.78 is 0.852. The Morgan fingerprint density at radius 1 is 1.28 bits per heavy atom. The molecule has 0 spiro atoms. The Bertz CT molecular complexity index is 625. The molecule has 4 heteroatoms. The fourth-order valence-electron chi connectivity index (χ4n) is 2.73. The normalized spacial score (nSPS) is 14.8. The summed E-state index contributed by atoms with van der Waals surface area (Å²) in [5.41, 5.74) is 4.35. The van der Waals surface area contributed by atoms with Crippen LogP contribution in [-0.4, -0.2) is 4.98 Å². The minimum Gasteiger partial charge on any atom is -0.711 e. The number of fused-ring (bicyclic) bond motifs is 2. The topological polar surface area (TPSA) is 39.8 Å². The minimum absolute atomic E-state index is 0.150. The second-order valence-corrected chi connectivity index (χ2v) is 5.15. The molecule has 1 aromatic carbocycles. The molecule has 0 saturated heterocycles. The molecule has 3 nitrogen and oxygen atoms in total. The molecule has 0 atom stereocenters. The highest BCUT2D eigenvalue weighted by molar-refractivity contribution is 6.16. The van der Waals surface area contributed by atoms with Gasteiger partial charge in [0.15, 0.2) is 5.52 Å². The maximum Gasteiger partial charge on any atom is 0.317 e. The fraction of sp³-hybridized carbons (Fsp3) is 0.429. The van der Waals surface area contributed by atoms with Crippen molar-refractivity contribution < 1.29 is 4.73 Å². The summed E-state index contributed by atoms with van der Waals surface area (Å²) in [5.74, 6) is 0.537. The molecule has 94 valence electrons. The van der Waals surface area contributed by atoms with Crippen molar-refractivity contribution in [2.45, 2.75) is 38.5 Å². The van der Waals surface area contributed by atoms with Crippen molar-refractivity contribution in [3.05, 3.63) is 40.0 Å². The van der Waals surface area contributed by atoms with E-state index >= 15 is 0 Å². The van der Waals surface area contributed by atoms with Gasteiger partial charge in [-0.05, 0) is 60.9 Å². The van der Waals surface area contributed by atoms with Crippen LogP contribution in [0.3, 0.4) is 0 Å². The average Bonchev–Trinajstić information content (AvgIpc) is 2.41. The maximum atomic E-state index is 12.0. The Hall–Kier alpha value is -1.35. The highest BCUT2D eigenvalue weighted by Crippen LogP contribution is 2.26. The number of halogens is 1. The monoisotopic (exact) mass is 262 g/mol. The first-order chi connectivity index (χ1) is 8.70. The summed E-state index contributed by atoms with van der Waals surface area (Å²) in [6, 6.07) is 4.27. The summed E-state index contributed by atoms with van der Waals surface area (Å²) in [6.45, 7) is 1.84. The number of aromatic nitrogens is 2. The summed E-state index contributed by atoms with van der Waals surface area (Å²) in [7, 11) is 0. The molecule has 0 N–H and O–H groups in total. The molecule has 1 heterocycles. The lowest BCUT2D eigenvalue weighted by molar-refractivity contribution is -0.621. The molecule has 1 aliphatic carbocycles. The van der Waals surface area contributed by atoms with Gasteiger partial charge in [0.2, 0.25) is 0 Å². The van der Waals surface area contributed by atoms with E-state index in [0.29, 0.717) is 11.5 Å². The van der Waals surface area contributed by atoms with Crippen LogP contribution in [0.5, 0.6) is 0 Å². The predicted octanol–water partition coefficient (Wildman–Crippen LogP) is 2.79. The SMILES string of the molecule is Cc1c2cc3c(cc2nc(CCl)[n+]1[O-])CCCC3. The van der Waals surface area contributed by atoms with Gasteiger partial charge in [-0.25, -0.2) is 4.73 Å². The Kier molecular flexibility index (Phi) is 2.86. The van der Waals surface area contributed by atoms with Gasteiger partial charge in [0.25, 0.3) is 0 Å². The molecule has 0 aliphatic heterocycles. The second-order valence-electron chi connectivity index (χ2n) is 4.89. The smallest absolute Gasteiger partial charge is 0.317 e. The number of hydrogen-bond acceptors (Lipinski definition) is 2. The average molecular weight is 263 g/mol. The zero-order valence-electron chi connectivity index (χ0n) is 10.4. The van der Waals surface area contributed by atoms with Crippen LogP contribution in [0.1, 0.15) is 35.5 Å². The lowest BCUT2D eigenvalue weighted by Crippen LogP contribution is -2.36. The molecule has 0 amide bonds. The third kappa shape index (κ3) is 1.74. The molecule has 0 unspecified atom stereocenters. The number of benzene rings is 1. The van der Waals surface area contributed by atoms with Crippen molar-refractivity contribution in [3.63, 3.8) is 0 Å². The fourth-order valence-corrected chi connectivity index (χ4v) is 2.89. The van der Waals surface area contributed by atoms with Crippen LogP contribution in [0.4, 0.5) is 0 Å². The molecule has 1 aliphatic rings. The first kappa shape index (κ1) is 11.7. The molecular weight excluding hydrogens is 248 g/mol. The molecule has 3 rings (SSSR count). The van der Waals surface area contributed by atoms with Crippen LogP contribution in [0, 0.1) is 12.1 Å². The van der Waals surface area contributed by atoms with Gasteiger partial charge in [0.1, 0.15) is 11.6 Å². The van der Waals surface area contributed by atoms with Gasteiger partial charge >= 0.3 is 5.82 Å². The summed E-state index contributed by atoms with van der Waals surface area (Å²) in [5, 5.41) is 12.9. The largest absolute Gasteiger partial charge is 0.711 e. The van der Waals surface area contributed by atoms with E-state index < -0.39 is 0 Å². The number of rotatable bonds is 1. The third-order valence-corrected chi connectivity index (χ3v) is 4.00. The van der Waals surface area contributed by atoms with Crippen LogP contribution in [-0.2, 0) is 18.7 Å². The zero-order valence-corrected chi connectivity index (χ0v) is 11.1. The Labute approximate surface area is 111 Å². The van der Waals surface area contributed by atoms with E-state index in [2.05, 4.69) is 17.1 Å². The Balaban J connectivity index is 2.30. The quantitative estimate of drug-likeness (QED) is 0.450. The van der Waals surface area contributed by atoms with E-state index in [9.17, 15) is 5.21 Å². The van der Waals surface area contributed by atoms with Crippen LogP contribution in [0.15, 0.2) is 12.1 Å². The molecule has 0 saturated carbocycles. The Morgan fingerprint density at radius 3 is 2.61 bits per heavy atom. The molecule has 2 aromatic rings. The van der Waals surface area contributed by atoms with Crippen molar-refractivity contribution in [1.29, 1.82) is 0 Å². The van der Waals surface area contributed by atoms with E-state index in [1.165, 1.54) is 24.0 Å². The molecular formula is C14H15ClN2O. The van der Waals surface area contributed by atoms with Gasteiger partial charge in [-0.15, -0.1) is 11.6 Å². The summed E-state index contributed by atoms with van der Waals surface area (Å²) >= 11 is 5.76. The first-order valence-electron chi connectivity index (χ1n) is 6.31. The number of alkyl halides is 1. The van der Waals surface area contributed by atoms with Crippen molar-refractivity contribution in [3.8, 4) is 0 Å². The van der Waals surface area contributed by atoms with Crippen LogP contribution in [0.2, 0.25) is 0 Å². The minimum atomic E-state index is 0.150. The summed E-state index contributed by atoms with van der Waals surface area (Å²) in [4.78, 5) is 4.38. The van der Waals surface area contributed by atoms with Crippen molar-refractivity contribution in [2.24, 2.45) is 0 Å². The highest BCUT2D eigenvalue weighted by atomic mass is 35.5. The summed E-state index contributed by atoms with van der Waals surface area (Å²) in [6.07, 6.45) is 4.71. The first-order valence-corrected chi connectivity index (χ1v) is 6.84. The lowest BCUT2D eigenvalue weighted by Gasteiger charge is -2.17. The number of aryl methyl sites for hydroxylation is 3. The van der Waals surface area contributed by atoms with E-state index in [-0.39, 0.29) is 5.88 Å². The molecule has 18 heavy (non-hydrogen) atoms. The van der Waals surface area contributed by atoms with E-state index in [4.69, 9.17) is 11.6 Å². The van der Waals surface area contributed by atoms with E-state index in [0.717, 1.165) is 28.5 Å².